The molecular formula is C31H20ClF8OPS2. The van der Waals surface area contributed by atoms with Gasteiger partial charge in [0.15, 0.2) is 20.5 Å². The van der Waals surface area contributed by atoms with Gasteiger partial charge >= 0.3 is 33.0 Å². The summed E-state index contributed by atoms with van der Waals surface area (Å²) >= 11 is 8.05. The van der Waals surface area contributed by atoms with Crippen molar-refractivity contribution < 1.29 is 38.8 Å². The van der Waals surface area contributed by atoms with Crippen molar-refractivity contribution >= 4 is 47.8 Å². The number of ketones is 1. The Morgan fingerprint density at radius 3 is 1.45 bits per heavy atom. The van der Waals surface area contributed by atoms with Crippen LogP contribution >= 0.6 is 31.2 Å². The minimum Gasteiger partial charge on any atom is -0.289 e. The molecule has 0 heterocycles. The van der Waals surface area contributed by atoms with Crippen LogP contribution in [0.3, 0.4) is 0 Å². The monoisotopic (exact) mass is 690 g/mol. The standard InChI is InChI=1S/C31H20ClF2OS2.F6P/c32-29-20-22(31(35)21-4-2-1-3-5-21)6-19-30(29)36-25-11-17-28(18-12-25)37(26-13-7-23(33)8-14-26)27-15-9-24(34)10-16-27;1-7(2,3,4,5)6/h1-20H;/q+1;-1. The Morgan fingerprint density at radius 2 is 1.02 bits per heavy atom. The molecule has 0 aliphatic rings. The van der Waals surface area contributed by atoms with Gasteiger partial charge in [0.25, 0.3) is 0 Å². The van der Waals surface area contributed by atoms with Crippen molar-refractivity contribution in [1.82, 2.24) is 0 Å². The fraction of sp³-hybridized carbons (Fsp3) is 0. The van der Waals surface area contributed by atoms with Crippen molar-refractivity contribution in [3.63, 3.8) is 0 Å². The molecule has 0 aromatic heterocycles. The summed E-state index contributed by atoms with van der Waals surface area (Å²) in [6.07, 6.45) is 0. The van der Waals surface area contributed by atoms with E-state index in [9.17, 15) is 38.8 Å². The molecular weight excluding hydrogens is 671 g/mol. The molecule has 0 N–H and O–H groups in total. The third-order valence-electron chi connectivity index (χ3n) is 5.62. The molecule has 0 aliphatic heterocycles. The zero-order chi connectivity index (χ0) is 32.2. The Hall–Kier alpha value is -3.37. The first-order chi connectivity index (χ1) is 20.4. The summed E-state index contributed by atoms with van der Waals surface area (Å²) in [4.78, 5) is 17.5. The summed E-state index contributed by atoms with van der Waals surface area (Å²) in [7, 11) is -11.2. The largest absolute Gasteiger partial charge is 0.289 e. The van der Waals surface area contributed by atoms with Gasteiger partial charge < -0.3 is 0 Å². The molecule has 0 atom stereocenters. The molecule has 0 saturated heterocycles. The molecule has 0 unspecified atom stereocenters. The quantitative estimate of drug-likeness (QED) is 0.0732. The Balaban J connectivity index is 0.000000566. The molecule has 5 aromatic rings. The second-order valence-electron chi connectivity index (χ2n) is 9.09. The minimum atomic E-state index is -10.7. The Morgan fingerprint density at radius 1 is 0.591 bits per heavy atom. The van der Waals surface area contributed by atoms with Crippen LogP contribution in [0.2, 0.25) is 5.02 Å². The van der Waals surface area contributed by atoms with E-state index >= 15 is 0 Å². The summed E-state index contributed by atoms with van der Waals surface area (Å²) in [5.41, 5.74) is 1.16. The SMILES string of the molecule is F[P-](F)(F)(F)(F)F.O=C(c1ccccc1)c1ccc(Sc2ccc([S+](c3ccc(F)cc3)c3ccc(F)cc3)cc2)c(Cl)c1. The molecule has 5 aromatic carbocycles. The zero-order valence-corrected chi connectivity index (χ0v) is 25.4. The Kier molecular flexibility index (Phi) is 9.57. The number of carbonyl (C=O) groups excluding carboxylic acids is 1. The fourth-order valence-corrected chi connectivity index (χ4v) is 6.96. The van der Waals surface area contributed by atoms with Crippen molar-refractivity contribution in [2.24, 2.45) is 0 Å². The molecule has 230 valence electrons. The molecule has 44 heavy (non-hydrogen) atoms. The molecule has 0 saturated carbocycles. The van der Waals surface area contributed by atoms with Crippen LogP contribution in [0.15, 0.2) is 146 Å². The number of hydrogen-bond acceptors (Lipinski definition) is 2. The molecule has 0 fully saturated rings. The van der Waals surface area contributed by atoms with Crippen molar-refractivity contribution in [3.05, 3.63) is 149 Å². The van der Waals surface area contributed by atoms with Gasteiger partial charge in [-0.25, -0.2) is 8.78 Å². The first-order valence-electron chi connectivity index (χ1n) is 12.4. The van der Waals surface area contributed by atoms with Crippen molar-refractivity contribution in [1.29, 1.82) is 0 Å². The van der Waals surface area contributed by atoms with E-state index in [1.54, 1.807) is 48.5 Å². The average molecular weight is 691 g/mol. The van der Waals surface area contributed by atoms with Crippen LogP contribution in [0.25, 0.3) is 0 Å². The number of carbonyl (C=O) groups is 1. The maximum absolute atomic E-state index is 13.6. The van der Waals surface area contributed by atoms with Gasteiger partial charge in [0, 0.05) is 20.9 Å². The van der Waals surface area contributed by atoms with Crippen molar-refractivity contribution in [2.45, 2.75) is 24.5 Å². The van der Waals surface area contributed by atoms with E-state index in [4.69, 9.17) is 11.6 Å². The smallest absolute Gasteiger partial charge is 0.193 e. The van der Waals surface area contributed by atoms with Crippen LogP contribution in [0.1, 0.15) is 15.9 Å². The third-order valence-corrected chi connectivity index (χ3v) is 9.36. The van der Waals surface area contributed by atoms with Gasteiger partial charge in [-0.1, -0.05) is 53.7 Å². The number of hydrogen-bond donors (Lipinski definition) is 0. The minimum absolute atomic E-state index is 0.0722. The summed E-state index contributed by atoms with van der Waals surface area (Å²) in [6.45, 7) is 0. The summed E-state index contributed by atoms with van der Waals surface area (Å²) in [5.74, 6) is -0.671. The summed E-state index contributed by atoms with van der Waals surface area (Å²) in [5, 5.41) is 0.508. The summed E-state index contributed by atoms with van der Waals surface area (Å²) < 4.78 is 86.3. The average Bonchev–Trinajstić information content (AvgIpc) is 2.95. The van der Waals surface area contributed by atoms with Crippen LogP contribution < -0.4 is 0 Å². The van der Waals surface area contributed by atoms with E-state index in [0.717, 1.165) is 24.5 Å². The van der Waals surface area contributed by atoms with Crippen LogP contribution in [0.5, 0.6) is 0 Å². The second-order valence-corrected chi connectivity index (χ2v) is 14.6. The Bertz CT molecular complexity index is 1700. The van der Waals surface area contributed by atoms with Gasteiger partial charge in [-0.2, -0.15) is 0 Å². The van der Waals surface area contributed by atoms with Crippen LogP contribution in [-0.4, -0.2) is 5.78 Å². The zero-order valence-electron chi connectivity index (χ0n) is 22.1. The molecule has 0 amide bonds. The maximum Gasteiger partial charge on any atom is 0.193 e. The molecule has 13 heteroatoms. The number of benzene rings is 5. The molecule has 0 aliphatic carbocycles. The predicted octanol–water partition coefficient (Wildman–Crippen LogP) is 12.5. The van der Waals surface area contributed by atoms with Gasteiger partial charge in [-0.15, -0.1) is 0 Å². The number of rotatable bonds is 7. The number of halogens is 9. The van der Waals surface area contributed by atoms with Crippen molar-refractivity contribution in [2.75, 3.05) is 0 Å². The second kappa shape index (κ2) is 12.6. The molecule has 0 bridgehead atoms. The van der Waals surface area contributed by atoms with Gasteiger partial charge in [-0.3, -0.25) is 4.79 Å². The van der Waals surface area contributed by atoms with Gasteiger partial charge in [0.2, 0.25) is 0 Å². The Labute approximate surface area is 259 Å². The fourth-order valence-electron chi connectivity index (χ4n) is 3.80. The van der Waals surface area contributed by atoms with E-state index in [-0.39, 0.29) is 17.4 Å². The van der Waals surface area contributed by atoms with Crippen LogP contribution in [0, 0.1) is 11.6 Å². The maximum atomic E-state index is 13.6. The van der Waals surface area contributed by atoms with E-state index < -0.39 is 18.7 Å². The topological polar surface area (TPSA) is 17.1 Å². The van der Waals surface area contributed by atoms with Crippen molar-refractivity contribution in [3.8, 4) is 0 Å². The van der Waals surface area contributed by atoms with E-state index in [0.29, 0.717) is 16.1 Å². The van der Waals surface area contributed by atoms with Crippen LogP contribution in [0.4, 0.5) is 34.0 Å². The molecule has 1 nitrogen and oxygen atoms in total. The van der Waals surface area contributed by atoms with E-state index in [1.807, 2.05) is 48.5 Å². The predicted molar refractivity (Wildman–Crippen MR) is 160 cm³/mol. The third kappa shape index (κ3) is 10.7. The molecule has 0 spiro atoms. The summed E-state index contributed by atoms with van der Waals surface area (Å²) in [6, 6.07) is 35.4. The van der Waals surface area contributed by atoms with Gasteiger partial charge in [-0.05, 0) is 91.0 Å². The normalized spacial score (nSPS) is 13.0. The van der Waals surface area contributed by atoms with Gasteiger partial charge in [0.1, 0.15) is 11.6 Å². The molecule has 0 radical (unpaired) electrons. The van der Waals surface area contributed by atoms with Gasteiger partial charge in [0.05, 0.1) is 15.9 Å². The first-order valence-corrected chi connectivity index (χ1v) is 16.9. The van der Waals surface area contributed by atoms with Crippen LogP contribution in [-0.2, 0) is 10.9 Å². The van der Waals surface area contributed by atoms with E-state index in [2.05, 4.69) is 0 Å². The molecule has 5 rings (SSSR count). The van der Waals surface area contributed by atoms with E-state index in [1.165, 1.54) is 36.0 Å². The first kappa shape index (κ1) is 33.5.